The van der Waals surface area contributed by atoms with Gasteiger partial charge in [-0.25, -0.2) is 19.2 Å². The normalized spacial score (nSPS) is 10.7. The number of benzene rings is 3. The number of hydrogen-bond donors (Lipinski definition) is 2. The zero-order valence-electron chi connectivity index (χ0n) is 22.4. The molecule has 5 rings (SSSR count). The highest BCUT2D eigenvalue weighted by molar-refractivity contribution is 7.98. The molecule has 0 aliphatic rings. The number of halogens is 1. The van der Waals surface area contributed by atoms with Gasteiger partial charge in [-0.05, 0) is 59.7 Å². The standard InChI is InChI=1S/C31H27FN6O3S/c32-25-8-6-22(7-9-25)20-42-31-37-29(39)24(16-23-17-33-21-34-18-23)19-38(31)15-14-35-30(40)36-26-10-12-28(13-11-26)41-27-4-2-1-3-5-27/h1-13,17-19,21H,14-16,20H2,(H2,35,36,40). The highest BCUT2D eigenvalue weighted by Gasteiger charge is 2.12. The molecule has 5 aromatic rings. The fourth-order valence-electron chi connectivity index (χ4n) is 3.98. The zero-order chi connectivity index (χ0) is 29.1. The highest BCUT2D eigenvalue weighted by atomic mass is 32.2. The number of para-hydroxylation sites is 1. The van der Waals surface area contributed by atoms with Gasteiger partial charge >= 0.3 is 6.03 Å². The number of urea groups is 1. The first-order valence-electron chi connectivity index (χ1n) is 13.1. The molecule has 0 unspecified atom stereocenters. The topological polar surface area (TPSA) is 111 Å². The number of thioether (sulfide) groups is 1. The molecular weight excluding hydrogens is 555 g/mol. The first-order chi connectivity index (χ1) is 20.5. The lowest BCUT2D eigenvalue weighted by atomic mass is 10.1. The number of carbonyl (C=O) groups excluding carboxylic acids is 1. The van der Waals surface area contributed by atoms with E-state index in [-0.39, 0.29) is 24.0 Å². The molecule has 2 amide bonds. The molecular formula is C31H27FN6O3S. The van der Waals surface area contributed by atoms with E-state index in [0.717, 1.165) is 16.9 Å². The number of nitrogens with one attached hydrogen (secondary N) is 2. The van der Waals surface area contributed by atoms with E-state index in [1.54, 1.807) is 55.0 Å². The Morgan fingerprint density at radius 2 is 1.62 bits per heavy atom. The number of ether oxygens (including phenoxy) is 1. The molecule has 212 valence electrons. The zero-order valence-corrected chi connectivity index (χ0v) is 23.3. The second-order valence-electron chi connectivity index (χ2n) is 9.21. The van der Waals surface area contributed by atoms with Crippen LogP contribution in [0.3, 0.4) is 0 Å². The fraction of sp³-hybridized carbons (Fsp3) is 0.129. The minimum Gasteiger partial charge on any atom is -0.457 e. The second-order valence-corrected chi connectivity index (χ2v) is 10.1. The molecule has 0 spiro atoms. The largest absolute Gasteiger partial charge is 0.457 e. The first kappa shape index (κ1) is 28.5. The Morgan fingerprint density at radius 1 is 0.905 bits per heavy atom. The third kappa shape index (κ3) is 8.24. The van der Waals surface area contributed by atoms with Gasteiger partial charge in [0.1, 0.15) is 23.6 Å². The molecule has 0 aliphatic carbocycles. The van der Waals surface area contributed by atoms with Crippen LogP contribution in [-0.4, -0.2) is 32.1 Å². The molecule has 2 N–H and O–H groups in total. The van der Waals surface area contributed by atoms with Gasteiger partial charge < -0.3 is 19.9 Å². The van der Waals surface area contributed by atoms with Crippen LogP contribution in [0.5, 0.6) is 11.5 Å². The van der Waals surface area contributed by atoms with Crippen LogP contribution in [0, 0.1) is 5.82 Å². The molecule has 0 atom stereocenters. The summed E-state index contributed by atoms with van der Waals surface area (Å²) >= 11 is 1.36. The van der Waals surface area contributed by atoms with Crippen molar-refractivity contribution in [3.8, 4) is 11.5 Å². The molecule has 11 heteroatoms. The van der Waals surface area contributed by atoms with Crippen LogP contribution in [0.1, 0.15) is 16.7 Å². The molecule has 0 saturated heterocycles. The van der Waals surface area contributed by atoms with Gasteiger partial charge in [-0.2, -0.15) is 4.98 Å². The average molecular weight is 583 g/mol. The van der Waals surface area contributed by atoms with Gasteiger partial charge in [0, 0.05) is 55.1 Å². The van der Waals surface area contributed by atoms with Gasteiger partial charge in [0.05, 0.1) is 0 Å². The lowest BCUT2D eigenvalue weighted by Crippen LogP contribution is -2.32. The molecule has 2 aromatic heterocycles. The average Bonchev–Trinajstić information content (AvgIpc) is 3.01. The molecule has 42 heavy (non-hydrogen) atoms. The van der Waals surface area contributed by atoms with Crippen LogP contribution in [0.2, 0.25) is 0 Å². The van der Waals surface area contributed by atoms with Gasteiger partial charge in [-0.1, -0.05) is 42.1 Å². The summed E-state index contributed by atoms with van der Waals surface area (Å²) in [6.07, 6.45) is 6.81. The Labute approximate surface area is 245 Å². The van der Waals surface area contributed by atoms with E-state index in [9.17, 15) is 14.0 Å². The van der Waals surface area contributed by atoms with Crippen molar-refractivity contribution in [2.24, 2.45) is 0 Å². The van der Waals surface area contributed by atoms with Crippen molar-refractivity contribution < 1.29 is 13.9 Å². The summed E-state index contributed by atoms with van der Waals surface area (Å²) in [7, 11) is 0. The molecule has 2 heterocycles. The quantitative estimate of drug-likeness (QED) is 0.153. The van der Waals surface area contributed by atoms with E-state index < -0.39 is 0 Å². The summed E-state index contributed by atoms with van der Waals surface area (Å²) in [5.74, 6) is 1.56. The van der Waals surface area contributed by atoms with E-state index in [2.05, 4.69) is 25.6 Å². The predicted molar refractivity (Wildman–Crippen MR) is 159 cm³/mol. The lowest BCUT2D eigenvalue weighted by molar-refractivity contribution is 0.251. The molecule has 0 fully saturated rings. The molecule has 0 aliphatic heterocycles. The van der Waals surface area contributed by atoms with Crippen LogP contribution < -0.4 is 20.9 Å². The maximum atomic E-state index is 13.3. The van der Waals surface area contributed by atoms with Crippen LogP contribution in [-0.2, 0) is 18.7 Å². The predicted octanol–water partition coefficient (Wildman–Crippen LogP) is 5.67. The van der Waals surface area contributed by atoms with Crippen molar-refractivity contribution in [3.05, 3.63) is 137 Å². The number of amides is 2. The summed E-state index contributed by atoms with van der Waals surface area (Å²) in [6.45, 7) is 0.651. The van der Waals surface area contributed by atoms with E-state index in [0.29, 0.717) is 40.9 Å². The van der Waals surface area contributed by atoms with E-state index in [1.165, 1.54) is 30.2 Å². The van der Waals surface area contributed by atoms with E-state index >= 15 is 0 Å². The summed E-state index contributed by atoms with van der Waals surface area (Å²) in [6, 6.07) is 22.3. The maximum Gasteiger partial charge on any atom is 0.319 e. The Kier molecular flexibility index (Phi) is 9.53. The third-order valence-corrected chi connectivity index (χ3v) is 7.11. The lowest BCUT2D eigenvalue weighted by Gasteiger charge is -2.15. The Balaban J connectivity index is 1.22. The van der Waals surface area contributed by atoms with Crippen LogP contribution >= 0.6 is 11.8 Å². The number of hydrogen-bond acceptors (Lipinski definition) is 7. The molecule has 0 saturated carbocycles. The van der Waals surface area contributed by atoms with Gasteiger partial charge in [0.2, 0.25) is 0 Å². The van der Waals surface area contributed by atoms with Crippen molar-refractivity contribution >= 4 is 23.5 Å². The third-order valence-electron chi connectivity index (χ3n) is 6.05. The first-order valence-corrected chi connectivity index (χ1v) is 14.1. The number of carbonyl (C=O) groups is 1. The summed E-state index contributed by atoms with van der Waals surface area (Å²) in [4.78, 5) is 37.8. The fourth-order valence-corrected chi connectivity index (χ4v) is 4.93. The van der Waals surface area contributed by atoms with Crippen LogP contribution in [0.4, 0.5) is 14.9 Å². The van der Waals surface area contributed by atoms with Crippen LogP contribution in [0.15, 0.2) is 114 Å². The van der Waals surface area contributed by atoms with Crippen molar-refractivity contribution in [2.75, 3.05) is 11.9 Å². The SMILES string of the molecule is O=C(NCCn1cc(Cc2cncnc2)c(=O)nc1SCc1ccc(F)cc1)Nc1ccc(Oc2ccccc2)cc1. The maximum absolute atomic E-state index is 13.3. The molecule has 9 nitrogen and oxygen atoms in total. The number of nitrogens with zero attached hydrogens (tertiary/aromatic N) is 4. The molecule has 3 aromatic carbocycles. The van der Waals surface area contributed by atoms with Gasteiger partial charge in [0.25, 0.3) is 5.56 Å². The summed E-state index contributed by atoms with van der Waals surface area (Å²) < 4.78 is 20.9. The Hall–Kier alpha value is -5.03. The monoisotopic (exact) mass is 582 g/mol. The Morgan fingerprint density at radius 3 is 2.36 bits per heavy atom. The highest BCUT2D eigenvalue weighted by Crippen LogP contribution is 2.23. The molecule has 0 bridgehead atoms. The van der Waals surface area contributed by atoms with Crippen molar-refractivity contribution in [2.45, 2.75) is 23.9 Å². The van der Waals surface area contributed by atoms with Crippen molar-refractivity contribution in [1.82, 2.24) is 24.8 Å². The van der Waals surface area contributed by atoms with E-state index in [1.807, 2.05) is 34.9 Å². The second kappa shape index (κ2) is 14.0. The molecule has 0 radical (unpaired) electrons. The number of anilines is 1. The van der Waals surface area contributed by atoms with E-state index in [4.69, 9.17) is 4.74 Å². The van der Waals surface area contributed by atoms with Gasteiger partial charge in [-0.15, -0.1) is 0 Å². The van der Waals surface area contributed by atoms with Crippen molar-refractivity contribution in [3.63, 3.8) is 0 Å². The summed E-state index contributed by atoms with van der Waals surface area (Å²) in [5.41, 5.74) is 2.43. The smallest absolute Gasteiger partial charge is 0.319 e. The number of aromatic nitrogens is 4. The van der Waals surface area contributed by atoms with Crippen molar-refractivity contribution in [1.29, 1.82) is 0 Å². The Bertz CT molecular complexity index is 1670. The van der Waals surface area contributed by atoms with Gasteiger partial charge in [0.15, 0.2) is 5.16 Å². The van der Waals surface area contributed by atoms with Gasteiger partial charge in [-0.3, -0.25) is 4.79 Å². The summed E-state index contributed by atoms with van der Waals surface area (Å²) in [5, 5.41) is 6.15. The number of rotatable bonds is 11. The minimum absolute atomic E-state index is 0.281. The van der Waals surface area contributed by atoms with Crippen LogP contribution in [0.25, 0.3) is 0 Å². The minimum atomic E-state index is -0.372.